The molecule has 2 bridgehead atoms. The Morgan fingerprint density at radius 2 is 1.83 bits per heavy atom. The summed E-state index contributed by atoms with van der Waals surface area (Å²) in [5.41, 5.74) is 0.932. The molecule has 3 atom stereocenters. The van der Waals surface area contributed by atoms with Crippen LogP contribution in [0, 0.1) is 0 Å². The summed E-state index contributed by atoms with van der Waals surface area (Å²) in [6, 6.07) is 8.21. The van der Waals surface area contributed by atoms with Gasteiger partial charge in [0.15, 0.2) is 0 Å². The summed E-state index contributed by atoms with van der Waals surface area (Å²) in [4.78, 5) is 29.7. The van der Waals surface area contributed by atoms with Crippen LogP contribution in [0.2, 0.25) is 0 Å². The fourth-order valence-corrected chi connectivity index (χ4v) is 4.02. The average Bonchev–Trinajstić information content (AvgIpc) is 2.90. The zero-order valence-corrected chi connectivity index (χ0v) is 14.3. The summed E-state index contributed by atoms with van der Waals surface area (Å²) in [5, 5.41) is 3.05. The number of nitrogens with one attached hydrogen (secondary N) is 2. The van der Waals surface area contributed by atoms with Crippen molar-refractivity contribution < 1.29 is 10.3 Å². The normalized spacial score (nSPS) is 25.8. The van der Waals surface area contributed by atoms with Gasteiger partial charge in [-0.25, -0.2) is 14.2 Å². The van der Waals surface area contributed by atoms with Gasteiger partial charge in [0.2, 0.25) is 0 Å². The fraction of sp³-hybridized carbons (Fsp3) is 0.500. The van der Waals surface area contributed by atoms with E-state index in [-0.39, 0.29) is 35.6 Å². The van der Waals surface area contributed by atoms with Crippen LogP contribution in [0.15, 0.2) is 29.1 Å². The molecule has 132 valence electrons. The lowest BCUT2D eigenvalue weighted by molar-refractivity contribution is 0.150. The smallest absolute Gasteiger partial charge is 0.334 e. The predicted molar refractivity (Wildman–Crippen MR) is 94.9 cm³/mol. The molecule has 2 saturated heterocycles. The topological polar surface area (TPSA) is 102 Å². The first-order valence-corrected chi connectivity index (χ1v) is 7.86. The van der Waals surface area contributed by atoms with Gasteiger partial charge < -0.3 is 20.7 Å². The van der Waals surface area contributed by atoms with Crippen molar-refractivity contribution in [2.24, 2.45) is 0 Å². The van der Waals surface area contributed by atoms with Crippen LogP contribution >= 0.6 is 12.4 Å². The first kappa shape index (κ1) is 18.5. The molecular formula is C16H23ClN4O3. The number of H-pyrrole nitrogens is 1. The summed E-state index contributed by atoms with van der Waals surface area (Å²) in [6.45, 7) is 0. The van der Waals surface area contributed by atoms with Crippen LogP contribution in [0.1, 0.15) is 25.7 Å². The number of halogens is 1. The van der Waals surface area contributed by atoms with Gasteiger partial charge in [-0.05, 0) is 44.9 Å². The van der Waals surface area contributed by atoms with Crippen LogP contribution < -0.4 is 11.0 Å². The number of hydrogen-bond acceptors (Lipinski definition) is 3. The van der Waals surface area contributed by atoms with E-state index in [2.05, 4.69) is 22.2 Å². The highest BCUT2D eigenvalue weighted by Crippen LogP contribution is 2.34. The lowest BCUT2D eigenvalue weighted by Gasteiger charge is -2.36. The minimum Gasteiger partial charge on any atom is -0.412 e. The Bertz CT molecular complexity index is 773. The molecule has 0 aliphatic carbocycles. The quantitative estimate of drug-likeness (QED) is 0.801. The number of imidazole rings is 1. The van der Waals surface area contributed by atoms with E-state index in [1.165, 1.54) is 17.4 Å². The molecule has 7 nitrogen and oxygen atoms in total. The highest BCUT2D eigenvalue weighted by molar-refractivity contribution is 5.89. The highest BCUT2D eigenvalue weighted by Gasteiger charge is 2.39. The molecule has 0 radical (unpaired) electrons. The molecular weight excluding hydrogens is 332 g/mol. The predicted octanol–water partition coefficient (Wildman–Crippen LogP) is 1.11. The van der Waals surface area contributed by atoms with Crippen molar-refractivity contribution in [1.82, 2.24) is 19.8 Å². The molecule has 2 aliphatic rings. The van der Waals surface area contributed by atoms with Gasteiger partial charge in [-0.15, -0.1) is 12.4 Å². The molecule has 0 spiro atoms. The van der Waals surface area contributed by atoms with Gasteiger partial charge in [0.05, 0.1) is 11.0 Å². The SMILES string of the molecule is CN1[C@@H]2CC[C@H]1CC(NC(=O)n1c(=O)[nH]c3ccccc31)C2.Cl.O. The summed E-state index contributed by atoms with van der Waals surface area (Å²) in [7, 11) is 2.17. The van der Waals surface area contributed by atoms with Gasteiger partial charge >= 0.3 is 11.7 Å². The maximum atomic E-state index is 12.5. The third kappa shape index (κ3) is 2.94. The van der Waals surface area contributed by atoms with Crippen molar-refractivity contribution in [3.05, 3.63) is 34.7 Å². The second kappa shape index (κ2) is 6.96. The van der Waals surface area contributed by atoms with Crippen molar-refractivity contribution in [2.45, 2.75) is 43.8 Å². The van der Waals surface area contributed by atoms with Crippen LogP contribution in [0.5, 0.6) is 0 Å². The first-order chi connectivity index (χ1) is 10.6. The number of carbonyl (C=O) groups is 1. The first-order valence-electron chi connectivity index (χ1n) is 7.86. The number of amides is 1. The molecule has 1 unspecified atom stereocenters. The number of aromatic amines is 1. The van der Waals surface area contributed by atoms with Crippen molar-refractivity contribution in [1.29, 1.82) is 0 Å². The number of nitrogens with zero attached hydrogens (tertiary/aromatic N) is 2. The van der Waals surface area contributed by atoms with Crippen molar-refractivity contribution in [3.63, 3.8) is 0 Å². The van der Waals surface area contributed by atoms with E-state index >= 15 is 0 Å². The zero-order valence-electron chi connectivity index (χ0n) is 13.5. The van der Waals surface area contributed by atoms with Crippen LogP contribution in [0.25, 0.3) is 11.0 Å². The molecule has 2 aliphatic heterocycles. The number of fused-ring (bicyclic) bond motifs is 3. The second-order valence-corrected chi connectivity index (χ2v) is 6.45. The Balaban J connectivity index is 0.00000104. The molecule has 0 saturated carbocycles. The molecule has 4 N–H and O–H groups in total. The van der Waals surface area contributed by atoms with Gasteiger partial charge in [0, 0.05) is 18.1 Å². The Kier molecular flexibility index (Phi) is 5.37. The lowest BCUT2D eigenvalue weighted by atomic mass is 9.98. The summed E-state index contributed by atoms with van der Waals surface area (Å²) in [6.07, 6.45) is 4.35. The molecule has 24 heavy (non-hydrogen) atoms. The van der Waals surface area contributed by atoms with Gasteiger partial charge in [0.1, 0.15) is 0 Å². The molecule has 2 aromatic rings. The van der Waals surface area contributed by atoms with E-state index in [1.807, 2.05) is 12.1 Å². The van der Waals surface area contributed by atoms with Crippen molar-refractivity contribution in [3.8, 4) is 0 Å². The number of carbonyl (C=O) groups excluding carboxylic acids is 1. The number of rotatable bonds is 1. The molecule has 3 heterocycles. The van der Waals surface area contributed by atoms with Gasteiger partial charge in [0.25, 0.3) is 0 Å². The van der Waals surface area contributed by atoms with E-state index in [4.69, 9.17) is 0 Å². The van der Waals surface area contributed by atoms with Gasteiger partial charge in [-0.2, -0.15) is 0 Å². The minimum atomic E-state index is -0.380. The third-order valence-corrected chi connectivity index (χ3v) is 5.22. The average molecular weight is 355 g/mol. The highest BCUT2D eigenvalue weighted by atomic mass is 35.5. The van der Waals surface area contributed by atoms with E-state index in [0.717, 1.165) is 12.8 Å². The molecule has 1 aromatic carbocycles. The largest absolute Gasteiger partial charge is 0.412 e. The summed E-state index contributed by atoms with van der Waals surface area (Å²) in [5.74, 6) is 0. The van der Waals surface area contributed by atoms with Crippen LogP contribution in [0.4, 0.5) is 4.79 Å². The van der Waals surface area contributed by atoms with Gasteiger partial charge in [-0.1, -0.05) is 12.1 Å². The number of para-hydroxylation sites is 2. The molecule has 4 rings (SSSR count). The van der Waals surface area contributed by atoms with E-state index < -0.39 is 0 Å². The fourth-order valence-electron chi connectivity index (χ4n) is 4.02. The second-order valence-electron chi connectivity index (χ2n) is 6.45. The lowest BCUT2D eigenvalue weighted by Crippen LogP contribution is -2.50. The van der Waals surface area contributed by atoms with E-state index in [1.54, 1.807) is 12.1 Å². The van der Waals surface area contributed by atoms with Crippen molar-refractivity contribution >= 4 is 29.5 Å². The zero-order chi connectivity index (χ0) is 15.3. The summed E-state index contributed by atoms with van der Waals surface area (Å²) < 4.78 is 1.20. The summed E-state index contributed by atoms with van der Waals surface area (Å²) >= 11 is 0. The Hall–Kier alpha value is -1.83. The Morgan fingerprint density at radius 1 is 1.21 bits per heavy atom. The van der Waals surface area contributed by atoms with E-state index in [9.17, 15) is 9.59 Å². The van der Waals surface area contributed by atoms with Crippen LogP contribution in [-0.2, 0) is 0 Å². The van der Waals surface area contributed by atoms with Crippen LogP contribution in [-0.4, -0.2) is 51.1 Å². The van der Waals surface area contributed by atoms with Crippen molar-refractivity contribution in [2.75, 3.05) is 7.05 Å². The molecule has 2 fully saturated rings. The minimum absolute atomic E-state index is 0. The molecule has 1 aromatic heterocycles. The third-order valence-electron chi connectivity index (χ3n) is 5.22. The Morgan fingerprint density at radius 3 is 2.50 bits per heavy atom. The number of piperidine rings is 1. The number of hydrogen-bond donors (Lipinski definition) is 2. The monoisotopic (exact) mass is 354 g/mol. The maximum Gasteiger partial charge on any atom is 0.334 e. The number of benzene rings is 1. The van der Waals surface area contributed by atoms with E-state index in [0.29, 0.717) is 23.1 Å². The molecule has 1 amide bonds. The Labute approximate surface area is 145 Å². The standard InChI is InChI=1S/C16H20N4O2.ClH.H2O/c1-19-11-6-7-12(19)9-10(8-11)17-15(21)20-14-5-3-2-4-13(14)18-16(20)22;;/h2-5,10-12H,6-9H2,1H3,(H,17,21)(H,18,22);1H;1H2/t10?,11-,12+;;. The number of aromatic nitrogens is 2. The van der Waals surface area contributed by atoms with Crippen LogP contribution in [0.3, 0.4) is 0 Å². The van der Waals surface area contributed by atoms with Gasteiger partial charge in [-0.3, -0.25) is 0 Å². The maximum absolute atomic E-state index is 12.5. The molecule has 8 heteroatoms.